The highest BCUT2D eigenvalue weighted by molar-refractivity contribution is 5.04. The summed E-state index contributed by atoms with van der Waals surface area (Å²) in [7, 11) is 0. The molecule has 0 aromatic carbocycles. The van der Waals surface area contributed by atoms with E-state index >= 15 is 0 Å². The molecule has 0 aliphatic heterocycles. The third-order valence-corrected chi connectivity index (χ3v) is 2.18. The number of unbranched alkanes of at least 4 members (excludes halogenated alkanes) is 4. The van der Waals surface area contributed by atoms with Gasteiger partial charge in [0.15, 0.2) is 0 Å². The highest BCUT2D eigenvalue weighted by Gasteiger charge is 1.83. The van der Waals surface area contributed by atoms with E-state index in [0.29, 0.717) is 0 Å². The van der Waals surface area contributed by atoms with Crippen LogP contribution in [0.3, 0.4) is 0 Å². The highest BCUT2D eigenvalue weighted by atomic mass is 13.9. The van der Waals surface area contributed by atoms with E-state index < -0.39 is 0 Å². The Kier molecular flexibility index (Phi) is 12.5. The molecule has 0 rings (SSSR count). The Morgan fingerprint density at radius 2 is 1.67 bits per heavy atom. The minimum atomic E-state index is 1.06. The van der Waals surface area contributed by atoms with Gasteiger partial charge in [0.2, 0.25) is 0 Å². The average molecular weight is 205 g/mol. The van der Waals surface area contributed by atoms with E-state index in [1.807, 2.05) is 0 Å². The number of allylic oxidation sites excluding steroid dienone is 6. The van der Waals surface area contributed by atoms with E-state index in [9.17, 15) is 0 Å². The van der Waals surface area contributed by atoms with E-state index in [4.69, 9.17) is 0 Å². The van der Waals surface area contributed by atoms with Crippen molar-refractivity contribution in [2.75, 3.05) is 0 Å². The summed E-state index contributed by atoms with van der Waals surface area (Å²) in [5, 5.41) is 0. The Morgan fingerprint density at radius 1 is 0.867 bits per heavy atom. The fourth-order valence-corrected chi connectivity index (χ4v) is 1.28. The van der Waals surface area contributed by atoms with Crippen molar-refractivity contribution >= 4 is 0 Å². The lowest BCUT2D eigenvalue weighted by molar-refractivity contribution is 0.694. The smallest absolute Gasteiger partial charge is 0.0166 e. The third kappa shape index (κ3) is 13.2. The average Bonchev–Trinajstić information content (AvgIpc) is 2.26. The van der Waals surface area contributed by atoms with Crippen LogP contribution in [0, 0.1) is 6.92 Å². The first-order valence-electron chi connectivity index (χ1n) is 6.17. The summed E-state index contributed by atoms with van der Waals surface area (Å²) in [5.41, 5.74) is 0. The van der Waals surface area contributed by atoms with Crippen molar-refractivity contribution in [3.63, 3.8) is 0 Å². The van der Waals surface area contributed by atoms with E-state index in [0.717, 1.165) is 19.3 Å². The molecule has 85 valence electrons. The van der Waals surface area contributed by atoms with Gasteiger partial charge >= 0.3 is 0 Å². The van der Waals surface area contributed by atoms with Crippen LogP contribution in [0.2, 0.25) is 0 Å². The maximum atomic E-state index is 3.83. The highest BCUT2D eigenvalue weighted by Crippen LogP contribution is 2.03. The van der Waals surface area contributed by atoms with Crippen LogP contribution in [0.1, 0.15) is 51.9 Å². The normalized spacial score (nSPS) is 12.4. The molecule has 0 aromatic heterocycles. The summed E-state index contributed by atoms with van der Waals surface area (Å²) in [6.07, 6.45) is 21.5. The fraction of sp³-hybridized carbons (Fsp3) is 0.533. The first-order valence-corrected chi connectivity index (χ1v) is 6.17. The molecule has 0 N–H and O–H groups in total. The first kappa shape index (κ1) is 14.2. The van der Waals surface area contributed by atoms with Gasteiger partial charge in [-0.15, -0.1) is 0 Å². The Hall–Kier alpha value is -0.780. The predicted octanol–water partition coefficient (Wildman–Crippen LogP) is 5.24. The molecule has 15 heavy (non-hydrogen) atoms. The van der Waals surface area contributed by atoms with Crippen molar-refractivity contribution in [1.82, 2.24) is 0 Å². The maximum Gasteiger partial charge on any atom is -0.0166 e. The molecule has 0 fully saturated rings. The molecule has 1 radical (unpaired) electrons. The number of hydrogen-bond acceptors (Lipinski definition) is 0. The molecule has 0 heterocycles. The van der Waals surface area contributed by atoms with Gasteiger partial charge in [-0.25, -0.2) is 0 Å². The molecule has 0 saturated carbocycles. The van der Waals surface area contributed by atoms with Crippen molar-refractivity contribution in [2.45, 2.75) is 51.9 Å². The third-order valence-electron chi connectivity index (χ3n) is 2.18. The molecule has 0 nitrogen and oxygen atoms in total. The lowest BCUT2D eigenvalue weighted by atomic mass is 10.1. The minimum absolute atomic E-state index is 1.06. The van der Waals surface area contributed by atoms with Crippen LogP contribution < -0.4 is 0 Å². The van der Waals surface area contributed by atoms with Crippen molar-refractivity contribution in [3.8, 4) is 0 Å². The van der Waals surface area contributed by atoms with Gasteiger partial charge in [-0.3, -0.25) is 0 Å². The summed E-state index contributed by atoms with van der Waals surface area (Å²) in [4.78, 5) is 0. The molecule has 0 heteroatoms. The molecule has 0 spiro atoms. The molecule has 0 unspecified atom stereocenters. The molecular weight excluding hydrogens is 180 g/mol. The summed E-state index contributed by atoms with van der Waals surface area (Å²) in [5.74, 6) is 0. The van der Waals surface area contributed by atoms with E-state index in [1.54, 1.807) is 0 Å². The number of hydrogen-bond donors (Lipinski definition) is 0. The topological polar surface area (TPSA) is 0 Å². The zero-order valence-corrected chi connectivity index (χ0v) is 10.1. The Labute approximate surface area is 95.8 Å². The first-order chi connectivity index (χ1) is 7.41. The Bertz CT molecular complexity index is 184. The zero-order valence-electron chi connectivity index (χ0n) is 10.1. The minimum Gasteiger partial charge on any atom is -0.0882 e. The van der Waals surface area contributed by atoms with Crippen LogP contribution in [-0.2, 0) is 0 Å². The van der Waals surface area contributed by atoms with Crippen LogP contribution in [0.5, 0.6) is 0 Å². The van der Waals surface area contributed by atoms with Gasteiger partial charge in [-0.05, 0) is 25.7 Å². The Balaban J connectivity index is 3.23. The summed E-state index contributed by atoms with van der Waals surface area (Å²) in [6.45, 7) is 5.98. The molecule has 0 amide bonds. The SMILES string of the molecule is [CH2]CCCCC/C=C/C/C=C/C=C/CC. The van der Waals surface area contributed by atoms with Crippen molar-refractivity contribution in [3.05, 3.63) is 43.4 Å². The van der Waals surface area contributed by atoms with E-state index in [1.165, 1.54) is 25.7 Å². The van der Waals surface area contributed by atoms with Gasteiger partial charge in [0.05, 0.1) is 0 Å². The lowest BCUT2D eigenvalue weighted by Crippen LogP contribution is -1.73. The van der Waals surface area contributed by atoms with Gasteiger partial charge in [-0.1, -0.05) is 69.6 Å². The fourth-order valence-electron chi connectivity index (χ4n) is 1.28. The largest absolute Gasteiger partial charge is 0.0882 e. The van der Waals surface area contributed by atoms with Gasteiger partial charge in [0.1, 0.15) is 0 Å². The van der Waals surface area contributed by atoms with Crippen molar-refractivity contribution in [2.24, 2.45) is 0 Å². The van der Waals surface area contributed by atoms with Crippen LogP contribution >= 0.6 is 0 Å². The van der Waals surface area contributed by atoms with Gasteiger partial charge in [0, 0.05) is 0 Å². The van der Waals surface area contributed by atoms with Crippen LogP contribution in [0.4, 0.5) is 0 Å². The summed E-state index contributed by atoms with van der Waals surface area (Å²) in [6, 6.07) is 0. The molecule has 0 bridgehead atoms. The van der Waals surface area contributed by atoms with Crippen molar-refractivity contribution < 1.29 is 0 Å². The second-order valence-electron chi connectivity index (χ2n) is 3.67. The summed E-state index contributed by atoms with van der Waals surface area (Å²) < 4.78 is 0. The van der Waals surface area contributed by atoms with Crippen LogP contribution in [0.15, 0.2) is 36.5 Å². The monoisotopic (exact) mass is 205 g/mol. The van der Waals surface area contributed by atoms with Gasteiger partial charge < -0.3 is 0 Å². The quantitative estimate of drug-likeness (QED) is 0.274. The molecule has 0 aliphatic carbocycles. The predicted molar refractivity (Wildman–Crippen MR) is 70.8 cm³/mol. The van der Waals surface area contributed by atoms with E-state index in [-0.39, 0.29) is 0 Å². The van der Waals surface area contributed by atoms with E-state index in [2.05, 4.69) is 50.3 Å². The van der Waals surface area contributed by atoms with Crippen molar-refractivity contribution in [1.29, 1.82) is 0 Å². The van der Waals surface area contributed by atoms with Crippen LogP contribution in [0.25, 0.3) is 0 Å². The zero-order chi connectivity index (χ0) is 11.2. The van der Waals surface area contributed by atoms with Gasteiger partial charge in [-0.2, -0.15) is 0 Å². The number of rotatable bonds is 9. The molecule has 0 aromatic rings. The second-order valence-corrected chi connectivity index (χ2v) is 3.67. The Morgan fingerprint density at radius 3 is 2.40 bits per heavy atom. The second kappa shape index (κ2) is 13.2. The maximum absolute atomic E-state index is 3.83. The molecule has 0 aliphatic rings. The van der Waals surface area contributed by atoms with Crippen LogP contribution in [-0.4, -0.2) is 0 Å². The van der Waals surface area contributed by atoms with Gasteiger partial charge in [0.25, 0.3) is 0 Å². The summed E-state index contributed by atoms with van der Waals surface area (Å²) >= 11 is 0. The molecular formula is C15H25. The standard InChI is InChI=1S/C15H25/c1-3-5-7-9-11-13-15-14-12-10-8-6-4-2/h6,8,10,12-13,15H,1,3-5,7,9,11,14H2,2H3/b8-6+,12-10+,15-13+. The lowest BCUT2D eigenvalue weighted by Gasteiger charge is -1.93. The molecule has 0 atom stereocenters. The molecule has 0 saturated heterocycles.